The molecule has 9 nitrogen and oxygen atoms in total. The molecule has 2 heterocycles. The lowest BCUT2D eigenvalue weighted by Crippen LogP contribution is -2.27. The minimum absolute atomic E-state index is 0.220. The Kier molecular flexibility index (Phi) is 9.99. The van der Waals surface area contributed by atoms with Crippen molar-refractivity contribution in [2.45, 2.75) is 32.7 Å². The molecule has 0 radical (unpaired) electrons. The van der Waals surface area contributed by atoms with Crippen molar-refractivity contribution in [1.82, 2.24) is 30.5 Å². The molecule has 234 valence electrons. The van der Waals surface area contributed by atoms with Gasteiger partial charge in [0.2, 0.25) is 0 Å². The van der Waals surface area contributed by atoms with Gasteiger partial charge in [0.25, 0.3) is 0 Å². The van der Waals surface area contributed by atoms with Gasteiger partial charge in [0, 0.05) is 43.1 Å². The smallest absolute Gasteiger partial charge is 0.355 e. The average Bonchev–Trinajstić information content (AvgIpc) is 3.67. The van der Waals surface area contributed by atoms with Gasteiger partial charge in [0.05, 0.1) is 19.2 Å². The molecule has 0 amide bonds. The monoisotopic (exact) mass is 718 g/mol. The van der Waals surface area contributed by atoms with Gasteiger partial charge in [-0.05, 0) is 70.9 Å². The number of hydrogen-bond donors (Lipinski definition) is 2. The van der Waals surface area contributed by atoms with Crippen LogP contribution in [-0.2, 0) is 24.4 Å². The Balaban J connectivity index is 1.32. The maximum Gasteiger partial charge on any atom is 0.355 e. The van der Waals surface area contributed by atoms with E-state index < -0.39 is 12.0 Å². The fraction of sp³-hybridized carbons (Fsp3) is 0.176. The van der Waals surface area contributed by atoms with Crippen molar-refractivity contribution in [1.29, 1.82) is 0 Å². The molecular weight excluding hydrogens is 691 g/mol. The van der Waals surface area contributed by atoms with Gasteiger partial charge in [-0.15, -0.1) is 5.10 Å². The van der Waals surface area contributed by atoms with Crippen LogP contribution in [0.15, 0.2) is 95.5 Å². The summed E-state index contributed by atoms with van der Waals surface area (Å²) in [5.41, 5.74) is 4.67. The van der Waals surface area contributed by atoms with Crippen LogP contribution in [0.2, 0.25) is 10.0 Å². The summed E-state index contributed by atoms with van der Waals surface area (Å²) in [5.74, 6) is 0.778. The van der Waals surface area contributed by atoms with Crippen LogP contribution in [-0.4, -0.2) is 37.8 Å². The minimum atomic E-state index is -0.605. The average molecular weight is 720 g/mol. The van der Waals surface area contributed by atoms with Crippen LogP contribution in [0.3, 0.4) is 0 Å². The number of esters is 1. The Morgan fingerprint density at radius 1 is 0.978 bits per heavy atom. The third kappa shape index (κ3) is 7.26. The first kappa shape index (κ1) is 31.7. The van der Waals surface area contributed by atoms with E-state index in [1.165, 1.54) is 0 Å². The molecule has 0 aliphatic carbocycles. The van der Waals surface area contributed by atoms with Crippen molar-refractivity contribution < 1.29 is 14.3 Å². The van der Waals surface area contributed by atoms with Gasteiger partial charge >= 0.3 is 5.97 Å². The third-order valence-corrected chi connectivity index (χ3v) is 8.68. The number of carbonyl (C=O) groups excluding carboxylic acids is 1. The largest absolute Gasteiger partial charge is 0.489 e. The molecule has 2 aromatic heterocycles. The maximum absolute atomic E-state index is 13.3. The first-order chi connectivity index (χ1) is 22.4. The van der Waals surface area contributed by atoms with Crippen LogP contribution >= 0.6 is 39.1 Å². The fourth-order valence-electron chi connectivity index (χ4n) is 5.17. The molecule has 2 N–H and O–H groups in total. The van der Waals surface area contributed by atoms with E-state index in [-0.39, 0.29) is 6.61 Å². The Hall–Kier alpha value is -4.22. The molecule has 0 saturated heterocycles. The Labute approximate surface area is 284 Å². The molecule has 46 heavy (non-hydrogen) atoms. The SMILES string of the molecule is CCOC(=O)c1[nH]c2cc(Cl)ccc2c1C(NCc1ccc(Cl)cc1)c1nnnn1Cc1ccc(OCc2ccccc2Br)cc1. The Morgan fingerprint density at radius 3 is 2.48 bits per heavy atom. The Bertz CT molecular complexity index is 1960. The highest BCUT2D eigenvalue weighted by molar-refractivity contribution is 9.10. The van der Waals surface area contributed by atoms with Crippen LogP contribution in [0.5, 0.6) is 5.75 Å². The highest BCUT2D eigenvalue weighted by Gasteiger charge is 2.30. The van der Waals surface area contributed by atoms with Crippen molar-refractivity contribution in [3.63, 3.8) is 0 Å². The molecule has 1 atom stereocenters. The lowest BCUT2D eigenvalue weighted by Gasteiger charge is -2.20. The van der Waals surface area contributed by atoms with Gasteiger partial charge in [-0.3, -0.25) is 5.32 Å². The summed E-state index contributed by atoms with van der Waals surface area (Å²) in [6.45, 7) is 3.26. The summed E-state index contributed by atoms with van der Waals surface area (Å²) >= 11 is 16.0. The van der Waals surface area contributed by atoms with E-state index in [1.54, 1.807) is 23.7 Å². The standard InChI is InChI=1S/C34H29BrCl2N6O3/c1-2-45-34(44)32-30(27-16-13-25(37)17-29(27)39-32)31(38-18-21-7-11-24(36)12-8-21)33-40-41-42-43(33)19-22-9-14-26(15-10-22)46-20-23-5-3-4-6-28(23)35/h3-17,31,38-39H,2,18-20H2,1H3. The molecule has 0 fully saturated rings. The molecule has 0 aliphatic rings. The van der Waals surface area contributed by atoms with Crippen LogP contribution in [0.4, 0.5) is 0 Å². The zero-order valence-electron chi connectivity index (χ0n) is 24.7. The molecule has 0 aliphatic heterocycles. The molecule has 12 heteroatoms. The molecule has 0 bridgehead atoms. The normalized spacial score (nSPS) is 11.9. The van der Waals surface area contributed by atoms with Gasteiger partial charge in [0.15, 0.2) is 5.82 Å². The summed E-state index contributed by atoms with van der Waals surface area (Å²) in [6.07, 6.45) is 0. The van der Waals surface area contributed by atoms with Gasteiger partial charge in [0.1, 0.15) is 18.1 Å². The number of ether oxygens (including phenoxy) is 2. The van der Waals surface area contributed by atoms with E-state index in [4.69, 9.17) is 32.7 Å². The lowest BCUT2D eigenvalue weighted by molar-refractivity contribution is 0.0518. The molecule has 0 saturated carbocycles. The minimum Gasteiger partial charge on any atom is -0.489 e. The molecule has 1 unspecified atom stereocenters. The van der Waals surface area contributed by atoms with Crippen molar-refractivity contribution in [3.8, 4) is 5.75 Å². The predicted molar refractivity (Wildman–Crippen MR) is 181 cm³/mol. The second-order valence-electron chi connectivity index (χ2n) is 10.5. The summed E-state index contributed by atoms with van der Waals surface area (Å²) in [5, 5.41) is 18.4. The summed E-state index contributed by atoms with van der Waals surface area (Å²) in [7, 11) is 0. The number of benzene rings is 4. The molecule has 6 rings (SSSR count). The van der Waals surface area contributed by atoms with Gasteiger partial charge in [-0.25, -0.2) is 9.48 Å². The second-order valence-corrected chi connectivity index (χ2v) is 12.2. The molecular formula is C34H29BrCl2N6O3. The van der Waals surface area contributed by atoms with Gasteiger partial charge in [-0.1, -0.05) is 87.7 Å². The van der Waals surface area contributed by atoms with Crippen molar-refractivity contribution in [2.75, 3.05) is 6.61 Å². The number of hydrogen-bond acceptors (Lipinski definition) is 7. The van der Waals surface area contributed by atoms with Crippen molar-refractivity contribution in [3.05, 3.63) is 139 Å². The Morgan fingerprint density at radius 2 is 1.72 bits per heavy atom. The van der Waals surface area contributed by atoms with Gasteiger partial charge < -0.3 is 14.5 Å². The summed E-state index contributed by atoms with van der Waals surface area (Å²) < 4.78 is 14.2. The number of tetrazole rings is 1. The van der Waals surface area contributed by atoms with Crippen LogP contribution in [0.25, 0.3) is 10.9 Å². The van der Waals surface area contributed by atoms with E-state index in [2.05, 4.69) is 41.8 Å². The van der Waals surface area contributed by atoms with Crippen molar-refractivity contribution >= 4 is 56.0 Å². The second kappa shape index (κ2) is 14.5. The number of nitrogens with one attached hydrogen (secondary N) is 2. The van der Waals surface area contributed by atoms with Crippen LogP contribution < -0.4 is 10.1 Å². The first-order valence-electron chi connectivity index (χ1n) is 14.6. The van der Waals surface area contributed by atoms with Crippen LogP contribution in [0, 0.1) is 0 Å². The number of fused-ring (bicyclic) bond motifs is 1. The topological polar surface area (TPSA) is 107 Å². The van der Waals surface area contributed by atoms with E-state index >= 15 is 0 Å². The summed E-state index contributed by atoms with van der Waals surface area (Å²) in [4.78, 5) is 16.5. The molecule has 0 spiro atoms. The van der Waals surface area contributed by atoms with E-state index in [0.717, 1.165) is 32.3 Å². The number of aromatic nitrogens is 5. The quantitative estimate of drug-likeness (QED) is 0.124. The highest BCUT2D eigenvalue weighted by atomic mass is 79.9. The van der Waals surface area contributed by atoms with Crippen LogP contribution in [0.1, 0.15) is 51.5 Å². The maximum atomic E-state index is 13.3. The van der Waals surface area contributed by atoms with E-state index in [1.807, 2.05) is 78.9 Å². The first-order valence-corrected chi connectivity index (χ1v) is 16.1. The fourth-order valence-corrected chi connectivity index (χ4v) is 5.87. The van der Waals surface area contributed by atoms with E-state index in [0.29, 0.717) is 52.3 Å². The zero-order valence-corrected chi connectivity index (χ0v) is 27.8. The van der Waals surface area contributed by atoms with Crippen molar-refractivity contribution in [2.24, 2.45) is 0 Å². The lowest BCUT2D eigenvalue weighted by atomic mass is 10.0. The number of rotatable bonds is 12. The number of aromatic amines is 1. The summed E-state index contributed by atoms with van der Waals surface area (Å²) in [6, 6.07) is 28.2. The van der Waals surface area contributed by atoms with E-state index in [9.17, 15) is 4.79 Å². The molecule has 4 aromatic carbocycles. The number of halogens is 3. The number of nitrogens with zero attached hydrogens (tertiary/aromatic N) is 4. The van der Waals surface area contributed by atoms with Gasteiger partial charge in [-0.2, -0.15) is 0 Å². The highest BCUT2D eigenvalue weighted by Crippen LogP contribution is 2.34. The number of H-pyrrole nitrogens is 1. The predicted octanol–water partition coefficient (Wildman–Crippen LogP) is 7.91. The molecule has 6 aromatic rings. The number of carbonyl (C=O) groups is 1. The third-order valence-electron chi connectivity index (χ3n) is 7.42. The zero-order chi connectivity index (χ0) is 32.0.